The molecule has 0 aromatic heterocycles. The Balaban J connectivity index is 4.15. The summed E-state index contributed by atoms with van der Waals surface area (Å²) in [5.74, 6) is -2.01. The Labute approximate surface area is 542 Å². The highest BCUT2D eigenvalue weighted by atomic mass is 16.7. The number of allylic oxidation sites excluding steroid dienone is 20. The van der Waals surface area contributed by atoms with Crippen LogP contribution in [-0.2, 0) is 33.3 Å². The van der Waals surface area contributed by atoms with E-state index in [4.69, 9.17) is 18.9 Å². The summed E-state index contributed by atoms with van der Waals surface area (Å²) < 4.78 is 23.0. The number of esters is 2. The molecule has 88 heavy (non-hydrogen) atoms. The number of carboxylic acids is 1. The van der Waals surface area contributed by atoms with Gasteiger partial charge in [0.1, 0.15) is 13.2 Å². The van der Waals surface area contributed by atoms with E-state index in [0.717, 1.165) is 109 Å². The van der Waals surface area contributed by atoms with Crippen LogP contribution in [0.4, 0.5) is 0 Å². The molecule has 1 N–H and O–H groups in total. The second kappa shape index (κ2) is 68.6. The summed E-state index contributed by atoms with van der Waals surface area (Å²) in [6.07, 6.45) is 94.6. The van der Waals surface area contributed by atoms with Gasteiger partial charge in [0.05, 0.1) is 34.4 Å². The average molecular weight is 1230 g/mol. The molecular formula is C79H136NO8+. The monoisotopic (exact) mass is 1230 g/mol. The van der Waals surface area contributed by atoms with Gasteiger partial charge in [-0.05, 0) is 89.9 Å². The smallest absolute Gasteiger partial charge is 0.361 e. The second-order valence-electron chi connectivity index (χ2n) is 25.2. The summed E-state index contributed by atoms with van der Waals surface area (Å²) in [5.41, 5.74) is 0. The number of quaternary nitrogens is 1. The molecule has 504 valence electrons. The van der Waals surface area contributed by atoms with E-state index in [1.54, 1.807) is 0 Å². The number of ether oxygens (including phenoxy) is 4. The summed E-state index contributed by atoms with van der Waals surface area (Å²) in [7, 11) is 5.97. The second-order valence-corrected chi connectivity index (χ2v) is 25.2. The molecule has 0 aliphatic rings. The van der Waals surface area contributed by atoms with Crippen LogP contribution in [-0.4, -0.2) is 87.4 Å². The van der Waals surface area contributed by atoms with Crippen LogP contribution in [0.5, 0.6) is 0 Å². The van der Waals surface area contributed by atoms with E-state index in [1.807, 2.05) is 21.1 Å². The van der Waals surface area contributed by atoms with Crippen molar-refractivity contribution in [2.45, 2.75) is 315 Å². The molecule has 0 amide bonds. The zero-order chi connectivity index (χ0) is 64.0. The van der Waals surface area contributed by atoms with Gasteiger partial charge < -0.3 is 28.5 Å². The minimum absolute atomic E-state index is 0.182. The van der Waals surface area contributed by atoms with E-state index in [9.17, 15) is 19.5 Å². The lowest BCUT2D eigenvalue weighted by Crippen LogP contribution is -2.40. The normalized spacial score (nSPS) is 13.4. The maximum absolute atomic E-state index is 13.0. The molecule has 0 aromatic rings. The highest BCUT2D eigenvalue weighted by Gasteiger charge is 2.25. The predicted molar refractivity (Wildman–Crippen MR) is 378 cm³/mol. The lowest BCUT2D eigenvalue weighted by atomic mass is 10.0. The fraction of sp³-hybridized carbons (Fsp3) is 0.709. The third kappa shape index (κ3) is 69.2. The molecule has 0 saturated carbocycles. The van der Waals surface area contributed by atoms with Crippen molar-refractivity contribution in [1.29, 1.82) is 0 Å². The minimum Gasteiger partial charge on any atom is -0.477 e. The number of carboxylic acid groups (broad SMARTS) is 1. The Kier molecular flexibility index (Phi) is 65.2. The molecule has 9 heteroatoms. The summed E-state index contributed by atoms with van der Waals surface area (Å²) >= 11 is 0. The summed E-state index contributed by atoms with van der Waals surface area (Å²) in [4.78, 5) is 37.6. The number of hydrogen-bond acceptors (Lipinski definition) is 7. The van der Waals surface area contributed by atoms with Crippen LogP contribution in [0.2, 0.25) is 0 Å². The zero-order valence-electron chi connectivity index (χ0n) is 57.6. The van der Waals surface area contributed by atoms with Gasteiger partial charge in [0.25, 0.3) is 6.29 Å². The van der Waals surface area contributed by atoms with Gasteiger partial charge in [0.15, 0.2) is 6.10 Å². The van der Waals surface area contributed by atoms with E-state index in [2.05, 4.69) is 135 Å². The van der Waals surface area contributed by atoms with Crippen LogP contribution >= 0.6 is 0 Å². The Bertz CT molecular complexity index is 1860. The van der Waals surface area contributed by atoms with Crippen molar-refractivity contribution in [2.24, 2.45) is 0 Å². The van der Waals surface area contributed by atoms with Crippen molar-refractivity contribution in [3.8, 4) is 0 Å². The Hall–Kier alpha value is -4.31. The maximum atomic E-state index is 13.0. The lowest BCUT2D eigenvalue weighted by Gasteiger charge is -2.25. The molecule has 0 bridgehead atoms. The highest BCUT2D eigenvalue weighted by Crippen LogP contribution is 2.18. The number of carbonyl (C=O) groups is 3. The zero-order valence-corrected chi connectivity index (χ0v) is 57.6. The van der Waals surface area contributed by atoms with E-state index in [-0.39, 0.29) is 32.2 Å². The molecule has 0 spiro atoms. The number of unbranched alkanes of at least 4 members (excludes halogenated alkanes) is 31. The van der Waals surface area contributed by atoms with Crippen molar-refractivity contribution in [2.75, 3.05) is 47.5 Å². The highest BCUT2D eigenvalue weighted by molar-refractivity contribution is 5.71. The van der Waals surface area contributed by atoms with Gasteiger partial charge in [-0.25, -0.2) is 4.79 Å². The van der Waals surface area contributed by atoms with Crippen LogP contribution in [0.3, 0.4) is 0 Å². The predicted octanol–water partition coefficient (Wildman–Crippen LogP) is 22.7. The van der Waals surface area contributed by atoms with Gasteiger partial charge in [-0.2, -0.15) is 0 Å². The number of carbonyl (C=O) groups excluding carboxylic acids is 2. The lowest BCUT2D eigenvalue weighted by molar-refractivity contribution is -0.870. The van der Waals surface area contributed by atoms with Crippen LogP contribution < -0.4 is 0 Å². The molecule has 2 unspecified atom stereocenters. The van der Waals surface area contributed by atoms with Crippen LogP contribution in [0.25, 0.3) is 0 Å². The fourth-order valence-electron chi connectivity index (χ4n) is 9.99. The minimum atomic E-state index is -1.52. The van der Waals surface area contributed by atoms with Crippen molar-refractivity contribution in [1.82, 2.24) is 0 Å². The van der Waals surface area contributed by atoms with Gasteiger partial charge in [-0.3, -0.25) is 9.59 Å². The number of aliphatic carboxylic acids is 1. The molecule has 0 radical (unpaired) electrons. The quantitative estimate of drug-likeness (QED) is 0.0211. The van der Waals surface area contributed by atoms with Crippen molar-refractivity contribution in [3.05, 3.63) is 122 Å². The first-order valence-corrected chi connectivity index (χ1v) is 36.2. The fourth-order valence-corrected chi connectivity index (χ4v) is 9.99. The third-order valence-electron chi connectivity index (χ3n) is 15.5. The molecular weight excluding hydrogens is 1090 g/mol. The van der Waals surface area contributed by atoms with Gasteiger partial charge in [-0.1, -0.05) is 322 Å². The van der Waals surface area contributed by atoms with Crippen molar-refractivity contribution >= 4 is 17.9 Å². The third-order valence-corrected chi connectivity index (χ3v) is 15.5. The molecule has 0 rings (SSSR count). The van der Waals surface area contributed by atoms with Gasteiger partial charge >= 0.3 is 17.9 Å². The van der Waals surface area contributed by atoms with Gasteiger partial charge in [0.2, 0.25) is 0 Å². The van der Waals surface area contributed by atoms with E-state index in [0.29, 0.717) is 23.9 Å². The molecule has 0 aromatic carbocycles. The summed E-state index contributed by atoms with van der Waals surface area (Å²) in [5, 5.41) is 9.75. The Morgan fingerprint density at radius 3 is 0.966 bits per heavy atom. The molecule has 0 heterocycles. The molecule has 0 fully saturated rings. The molecule has 2 atom stereocenters. The van der Waals surface area contributed by atoms with E-state index < -0.39 is 24.3 Å². The molecule has 0 saturated heterocycles. The number of likely N-dealkylation sites (N-methyl/N-ethyl adjacent to an activating group) is 1. The first-order valence-electron chi connectivity index (χ1n) is 36.2. The largest absolute Gasteiger partial charge is 0.477 e. The standard InChI is InChI=1S/C79H135NO8/c1-6-8-10-12-14-16-18-20-22-24-26-28-30-32-33-34-35-36-37-38-39-40-41-42-43-44-45-46-48-50-52-54-56-58-60-62-64-66-68-70-77(82)88-75(74-87-79(78(83)84)85-72-71-80(3,4)5)73-86-76(81)69-67-65-63-61-59-57-55-53-51-49-47-31-29-27-25-23-21-19-17-15-13-11-9-7-2/h8,10,14,16,20,22,26,28,32-33,35-36,38-39,41-42,44-45,48,50,75,79H,6-7,9,11-13,15,17-19,21,23-25,27,29-31,34,37,40,43,46-47,49,51-74H2,1-5H3/p+1/b10-8-,16-14-,22-20-,28-26-,33-32-,36-35-,39-38-,42-41-,45-44-,50-48-. The topological polar surface area (TPSA) is 108 Å². The molecule has 0 aliphatic heterocycles. The number of rotatable bonds is 66. The number of nitrogens with zero attached hydrogens (tertiary/aromatic N) is 1. The van der Waals surface area contributed by atoms with Crippen LogP contribution in [0.15, 0.2) is 122 Å². The SMILES string of the molecule is CC/C=C\C/C=C\C/C=C\C/C=C\C/C=C\C/C=C\C/C=C\C/C=C\C/C=C\C/C=C\CCCCCCCCCCC(=O)OC(COC(=O)CCCCCCCCCCCCCCCCCCCCCCCCCC)COC(OCC[N+](C)(C)C)C(=O)O. The van der Waals surface area contributed by atoms with Crippen molar-refractivity contribution in [3.63, 3.8) is 0 Å². The van der Waals surface area contributed by atoms with Gasteiger partial charge in [-0.15, -0.1) is 0 Å². The summed E-state index contributed by atoms with van der Waals surface area (Å²) in [6, 6.07) is 0. The van der Waals surface area contributed by atoms with Gasteiger partial charge in [0, 0.05) is 12.8 Å². The molecule has 9 nitrogen and oxygen atoms in total. The Morgan fingerprint density at radius 1 is 0.352 bits per heavy atom. The Morgan fingerprint density at radius 2 is 0.648 bits per heavy atom. The van der Waals surface area contributed by atoms with Crippen LogP contribution in [0.1, 0.15) is 303 Å². The first kappa shape index (κ1) is 83.7. The number of hydrogen-bond donors (Lipinski definition) is 1. The van der Waals surface area contributed by atoms with Crippen LogP contribution in [0, 0.1) is 0 Å². The maximum Gasteiger partial charge on any atom is 0.361 e. The van der Waals surface area contributed by atoms with E-state index in [1.165, 1.54) is 161 Å². The van der Waals surface area contributed by atoms with E-state index >= 15 is 0 Å². The average Bonchev–Trinajstić information content (AvgIpc) is 3.52. The summed E-state index contributed by atoms with van der Waals surface area (Å²) in [6.45, 7) is 4.78. The first-order chi connectivity index (χ1) is 43.1. The van der Waals surface area contributed by atoms with Crippen molar-refractivity contribution < 1.29 is 42.9 Å². The molecule has 0 aliphatic carbocycles.